The Kier molecular flexibility index (Phi) is 4.20. The van der Waals surface area contributed by atoms with Gasteiger partial charge in [0.2, 0.25) is 10.0 Å². The number of hydrogen-bond acceptors (Lipinski definition) is 4. The van der Waals surface area contributed by atoms with E-state index < -0.39 is 10.0 Å². The molecule has 0 fully saturated rings. The van der Waals surface area contributed by atoms with Gasteiger partial charge in [0.15, 0.2) is 0 Å². The molecule has 0 aliphatic heterocycles. The third kappa shape index (κ3) is 3.74. The van der Waals surface area contributed by atoms with Crippen LogP contribution in [0.5, 0.6) is 0 Å². The van der Waals surface area contributed by atoms with Crippen LogP contribution in [-0.4, -0.2) is 8.42 Å². The van der Waals surface area contributed by atoms with Crippen molar-refractivity contribution in [3.63, 3.8) is 0 Å². The van der Waals surface area contributed by atoms with E-state index in [1.165, 1.54) is 23.8 Å². The fourth-order valence-electron chi connectivity index (χ4n) is 1.93. The molecule has 2 aromatic rings. The molecular weight excluding hydrogens is 286 g/mol. The lowest BCUT2D eigenvalue weighted by molar-refractivity contribution is 0.598. The van der Waals surface area contributed by atoms with E-state index >= 15 is 0 Å². The molecule has 6 heteroatoms. The maximum Gasteiger partial charge on any atom is 0.238 e. The van der Waals surface area contributed by atoms with Crippen molar-refractivity contribution < 1.29 is 8.42 Å². The van der Waals surface area contributed by atoms with Gasteiger partial charge in [-0.05, 0) is 41.8 Å². The maximum absolute atomic E-state index is 11.4. The van der Waals surface area contributed by atoms with Crippen molar-refractivity contribution in [2.24, 2.45) is 5.14 Å². The van der Waals surface area contributed by atoms with E-state index in [1.54, 1.807) is 0 Å². The molecule has 0 amide bonds. The number of nitrogen functional groups attached to an aromatic ring is 1. The number of rotatable bonds is 4. The van der Waals surface area contributed by atoms with Crippen LogP contribution >= 0.6 is 0 Å². The van der Waals surface area contributed by atoms with Gasteiger partial charge in [-0.1, -0.05) is 26.0 Å². The van der Waals surface area contributed by atoms with Gasteiger partial charge in [0.05, 0.1) is 16.3 Å². The van der Waals surface area contributed by atoms with Gasteiger partial charge in [0, 0.05) is 5.69 Å². The first-order chi connectivity index (χ1) is 9.77. The van der Waals surface area contributed by atoms with Gasteiger partial charge in [-0.2, -0.15) is 0 Å². The Morgan fingerprint density at radius 1 is 1.05 bits per heavy atom. The van der Waals surface area contributed by atoms with Crippen molar-refractivity contribution in [1.82, 2.24) is 0 Å². The summed E-state index contributed by atoms with van der Waals surface area (Å²) in [6.07, 6.45) is 0. The minimum Gasteiger partial charge on any atom is -0.397 e. The molecule has 21 heavy (non-hydrogen) atoms. The summed E-state index contributed by atoms with van der Waals surface area (Å²) in [6, 6.07) is 12.2. The van der Waals surface area contributed by atoms with Crippen molar-refractivity contribution in [2.45, 2.75) is 24.7 Å². The van der Waals surface area contributed by atoms with Crippen LogP contribution in [0, 0.1) is 0 Å². The Balaban J connectivity index is 2.30. The van der Waals surface area contributed by atoms with E-state index in [1.807, 2.05) is 24.3 Å². The maximum atomic E-state index is 11.4. The van der Waals surface area contributed by atoms with Crippen LogP contribution in [-0.2, 0) is 10.0 Å². The molecule has 2 rings (SSSR count). The largest absolute Gasteiger partial charge is 0.397 e. The molecule has 0 bridgehead atoms. The van der Waals surface area contributed by atoms with Crippen LogP contribution in [0.4, 0.5) is 17.1 Å². The minimum absolute atomic E-state index is 0.0259. The summed E-state index contributed by atoms with van der Waals surface area (Å²) in [5.74, 6) is 0.454. The summed E-state index contributed by atoms with van der Waals surface area (Å²) in [6.45, 7) is 4.24. The van der Waals surface area contributed by atoms with Crippen molar-refractivity contribution in [3.8, 4) is 0 Å². The molecule has 0 saturated carbocycles. The van der Waals surface area contributed by atoms with Crippen molar-refractivity contribution >= 4 is 27.1 Å². The van der Waals surface area contributed by atoms with E-state index in [2.05, 4.69) is 19.2 Å². The van der Waals surface area contributed by atoms with Gasteiger partial charge in [0.1, 0.15) is 0 Å². The third-order valence-corrected chi connectivity index (χ3v) is 4.12. The van der Waals surface area contributed by atoms with Gasteiger partial charge in [-0.3, -0.25) is 0 Å². The molecule has 0 heterocycles. The zero-order chi connectivity index (χ0) is 15.6. The Morgan fingerprint density at radius 3 is 2.19 bits per heavy atom. The molecule has 0 saturated heterocycles. The second kappa shape index (κ2) is 5.75. The standard InChI is InChI=1S/C15H19N3O2S/c1-10(2)11-3-5-12(6-4-11)18-15-9-13(21(17,19)20)7-8-14(15)16/h3-10,18H,16H2,1-2H3,(H2,17,19,20). The number of primary sulfonamides is 1. The van der Waals surface area contributed by atoms with Crippen LogP contribution in [0.25, 0.3) is 0 Å². The predicted molar refractivity (Wildman–Crippen MR) is 86.0 cm³/mol. The number of nitrogens with one attached hydrogen (secondary N) is 1. The van der Waals surface area contributed by atoms with E-state index in [0.29, 0.717) is 17.3 Å². The number of nitrogens with two attached hydrogens (primary N) is 2. The summed E-state index contributed by atoms with van der Waals surface area (Å²) in [4.78, 5) is 0.0259. The molecule has 112 valence electrons. The van der Waals surface area contributed by atoms with Crippen LogP contribution in [0.2, 0.25) is 0 Å². The van der Waals surface area contributed by atoms with Crippen LogP contribution < -0.4 is 16.2 Å². The summed E-state index contributed by atoms with van der Waals surface area (Å²) in [5.41, 5.74) is 8.89. The smallest absolute Gasteiger partial charge is 0.238 e. The number of sulfonamides is 1. The third-order valence-electron chi connectivity index (χ3n) is 3.21. The van der Waals surface area contributed by atoms with Crippen molar-refractivity contribution in [2.75, 3.05) is 11.1 Å². The van der Waals surface area contributed by atoms with Crippen LogP contribution in [0.15, 0.2) is 47.4 Å². The fourth-order valence-corrected chi connectivity index (χ4v) is 2.47. The fraction of sp³-hybridized carbons (Fsp3) is 0.200. The summed E-state index contributed by atoms with van der Waals surface area (Å²) < 4.78 is 22.8. The summed E-state index contributed by atoms with van der Waals surface area (Å²) >= 11 is 0. The molecular formula is C15H19N3O2S. The average Bonchev–Trinajstić information content (AvgIpc) is 2.40. The molecule has 0 spiro atoms. The SMILES string of the molecule is CC(C)c1ccc(Nc2cc(S(N)(=O)=O)ccc2N)cc1. The van der Waals surface area contributed by atoms with Gasteiger partial charge in [0.25, 0.3) is 0 Å². The van der Waals surface area contributed by atoms with Gasteiger partial charge < -0.3 is 11.1 Å². The molecule has 5 nitrogen and oxygen atoms in total. The molecule has 0 aromatic heterocycles. The second-order valence-electron chi connectivity index (χ2n) is 5.20. The second-order valence-corrected chi connectivity index (χ2v) is 6.76. The average molecular weight is 305 g/mol. The van der Waals surface area contributed by atoms with Crippen molar-refractivity contribution in [3.05, 3.63) is 48.0 Å². The topological polar surface area (TPSA) is 98.2 Å². The lowest BCUT2D eigenvalue weighted by atomic mass is 10.0. The van der Waals surface area contributed by atoms with Gasteiger partial charge >= 0.3 is 0 Å². The Morgan fingerprint density at radius 2 is 1.67 bits per heavy atom. The first-order valence-corrected chi connectivity index (χ1v) is 8.11. The van der Waals surface area contributed by atoms with Crippen molar-refractivity contribution in [1.29, 1.82) is 0 Å². The van der Waals surface area contributed by atoms with E-state index in [9.17, 15) is 8.42 Å². The Hall–Kier alpha value is -2.05. The lowest BCUT2D eigenvalue weighted by Crippen LogP contribution is -2.12. The lowest BCUT2D eigenvalue weighted by Gasteiger charge is -2.12. The minimum atomic E-state index is -3.75. The highest BCUT2D eigenvalue weighted by Crippen LogP contribution is 2.26. The number of anilines is 3. The summed E-state index contributed by atoms with van der Waals surface area (Å²) in [5, 5.41) is 8.23. The molecule has 0 radical (unpaired) electrons. The molecule has 0 unspecified atom stereocenters. The number of benzene rings is 2. The van der Waals surface area contributed by atoms with Gasteiger partial charge in [-0.25, -0.2) is 13.6 Å². The highest BCUT2D eigenvalue weighted by Gasteiger charge is 2.10. The van der Waals surface area contributed by atoms with E-state index in [4.69, 9.17) is 10.9 Å². The highest BCUT2D eigenvalue weighted by molar-refractivity contribution is 7.89. The van der Waals surface area contributed by atoms with E-state index in [-0.39, 0.29) is 4.90 Å². The van der Waals surface area contributed by atoms with Crippen LogP contribution in [0.1, 0.15) is 25.3 Å². The quantitative estimate of drug-likeness (QED) is 0.756. The van der Waals surface area contributed by atoms with Gasteiger partial charge in [-0.15, -0.1) is 0 Å². The zero-order valence-corrected chi connectivity index (χ0v) is 12.8. The first kappa shape index (κ1) is 15.3. The Labute approximate surface area is 125 Å². The van der Waals surface area contributed by atoms with Crippen LogP contribution in [0.3, 0.4) is 0 Å². The molecule has 0 aliphatic rings. The molecule has 2 aromatic carbocycles. The molecule has 0 atom stereocenters. The highest BCUT2D eigenvalue weighted by atomic mass is 32.2. The normalized spacial score (nSPS) is 11.6. The summed E-state index contributed by atoms with van der Waals surface area (Å²) in [7, 11) is -3.75. The first-order valence-electron chi connectivity index (χ1n) is 6.56. The predicted octanol–water partition coefficient (Wildman–Crippen LogP) is 2.78. The Bertz CT molecular complexity index is 738. The number of hydrogen-bond donors (Lipinski definition) is 3. The zero-order valence-electron chi connectivity index (χ0n) is 12.0. The monoisotopic (exact) mass is 305 g/mol. The van der Waals surface area contributed by atoms with E-state index in [0.717, 1.165) is 5.69 Å². The molecule has 0 aliphatic carbocycles. The molecule has 5 N–H and O–H groups in total.